The van der Waals surface area contributed by atoms with Gasteiger partial charge in [-0.1, -0.05) is 48.0 Å². The van der Waals surface area contributed by atoms with Gasteiger partial charge in [-0.3, -0.25) is 4.72 Å². The van der Waals surface area contributed by atoms with Crippen molar-refractivity contribution in [1.82, 2.24) is 4.98 Å². The van der Waals surface area contributed by atoms with Crippen LogP contribution in [-0.4, -0.2) is 24.5 Å². The largest absolute Gasteiger partial charge is 0.478 e. The van der Waals surface area contributed by atoms with Crippen molar-refractivity contribution in [3.8, 4) is 22.6 Å². The minimum atomic E-state index is -4.03. The van der Waals surface area contributed by atoms with Crippen LogP contribution in [-0.2, 0) is 10.0 Å². The molecule has 0 aliphatic carbocycles. The van der Waals surface area contributed by atoms with Crippen LogP contribution in [0.4, 0.5) is 5.69 Å². The van der Waals surface area contributed by atoms with Gasteiger partial charge in [0.05, 0.1) is 15.5 Å². The molecule has 2 N–H and O–H groups in total. The van der Waals surface area contributed by atoms with E-state index in [1.54, 1.807) is 24.3 Å². The van der Waals surface area contributed by atoms with Crippen LogP contribution in [0.3, 0.4) is 0 Å². The van der Waals surface area contributed by atoms with E-state index in [1.165, 1.54) is 12.1 Å². The number of oxazole rings is 1. The number of sulfonamides is 1. The molecule has 0 spiro atoms. The maximum Gasteiger partial charge on any atom is 0.337 e. The van der Waals surface area contributed by atoms with Crippen LogP contribution in [0, 0.1) is 0 Å². The van der Waals surface area contributed by atoms with Crippen LogP contribution >= 0.6 is 11.6 Å². The highest BCUT2D eigenvalue weighted by Crippen LogP contribution is 2.29. The number of carbonyl (C=O) groups is 1. The summed E-state index contributed by atoms with van der Waals surface area (Å²) < 4.78 is 33.8. The third kappa shape index (κ3) is 4.62. The van der Waals surface area contributed by atoms with Crippen molar-refractivity contribution in [2.75, 3.05) is 4.72 Å². The number of carboxylic acid groups (broad SMARTS) is 1. The topological polar surface area (TPSA) is 110 Å². The molecule has 0 radical (unpaired) electrons. The van der Waals surface area contributed by atoms with Crippen molar-refractivity contribution in [2.24, 2.45) is 0 Å². The highest BCUT2D eigenvalue weighted by atomic mass is 35.5. The fourth-order valence-electron chi connectivity index (χ4n) is 3.59. The van der Waals surface area contributed by atoms with Gasteiger partial charge >= 0.3 is 5.97 Å². The summed E-state index contributed by atoms with van der Waals surface area (Å²) in [4.78, 5) is 15.6. The van der Waals surface area contributed by atoms with E-state index in [4.69, 9.17) is 16.0 Å². The Kier molecular flexibility index (Phi) is 5.76. The number of fused-ring (bicyclic) bond motifs is 1. The van der Waals surface area contributed by atoms with Gasteiger partial charge in [0.2, 0.25) is 5.89 Å². The molecule has 174 valence electrons. The molecule has 0 fully saturated rings. The van der Waals surface area contributed by atoms with Gasteiger partial charge in [0.15, 0.2) is 5.58 Å². The van der Waals surface area contributed by atoms with Crippen LogP contribution in [0.15, 0.2) is 100 Å². The fraction of sp³-hybridized carbons (Fsp3) is 0. The van der Waals surface area contributed by atoms with E-state index in [-0.39, 0.29) is 15.5 Å². The van der Waals surface area contributed by atoms with E-state index in [1.807, 2.05) is 48.5 Å². The molecule has 0 aliphatic heterocycles. The van der Waals surface area contributed by atoms with Crippen LogP contribution in [0.5, 0.6) is 0 Å². The van der Waals surface area contributed by atoms with Crippen LogP contribution in [0.25, 0.3) is 33.7 Å². The number of aromatic nitrogens is 1. The number of benzene rings is 4. The lowest BCUT2D eigenvalue weighted by molar-refractivity contribution is 0.0697. The van der Waals surface area contributed by atoms with Crippen molar-refractivity contribution in [2.45, 2.75) is 4.90 Å². The van der Waals surface area contributed by atoms with E-state index in [0.29, 0.717) is 28.2 Å². The minimum Gasteiger partial charge on any atom is -0.478 e. The van der Waals surface area contributed by atoms with Crippen molar-refractivity contribution >= 4 is 44.4 Å². The monoisotopic (exact) mass is 504 g/mol. The molecule has 7 nitrogen and oxygen atoms in total. The number of anilines is 1. The predicted molar refractivity (Wildman–Crippen MR) is 134 cm³/mol. The molecule has 0 saturated carbocycles. The lowest BCUT2D eigenvalue weighted by Crippen LogP contribution is -2.14. The molecular formula is C26H17ClN2O5S. The summed E-state index contributed by atoms with van der Waals surface area (Å²) in [6, 6.07) is 25.8. The van der Waals surface area contributed by atoms with Gasteiger partial charge in [-0.15, -0.1) is 0 Å². The molecule has 9 heteroatoms. The first-order chi connectivity index (χ1) is 16.8. The fourth-order valence-corrected chi connectivity index (χ4v) is 4.87. The Balaban J connectivity index is 1.39. The van der Waals surface area contributed by atoms with Gasteiger partial charge in [-0.2, -0.15) is 0 Å². The number of hydrogen-bond acceptors (Lipinski definition) is 5. The van der Waals surface area contributed by atoms with E-state index in [9.17, 15) is 18.3 Å². The highest BCUT2D eigenvalue weighted by Gasteiger charge is 2.19. The second-order valence-corrected chi connectivity index (χ2v) is 9.79. The third-order valence-corrected chi connectivity index (χ3v) is 7.07. The van der Waals surface area contributed by atoms with E-state index < -0.39 is 16.0 Å². The molecule has 35 heavy (non-hydrogen) atoms. The standard InChI is InChI=1S/C26H17ClN2O5S/c27-22-12-11-20(15-21(22)26(30)31)35(32,33)29-19-9-6-17(7-10-19)25-28-23-14-18(8-13-24(23)34-25)16-4-2-1-3-5-16/h1-15,29H,(H,30,31). The van der Waals surface area contributed by atoms with Gasteiger partial charge < -0.3 is 9.52 Å². The Bertz CT molecular complexity index is 1660. The molecular weight excluding hydrogens is 488 g/mol. The second kappa shape index (κ2) is 8.90. The van der Waals surface area contributed by atoms with E-state index >= 15 is 0 Å². The quantitative estimate of drug-likeness (QED) is 0.280. The lowest BCUT2D eigenvalue weighted by atomic mass is 10.1. The summed E-state index contributed by atoms with van der Waals surface area (Å²) in [5.41, 5.74) is 4.12. The Hall–Kier alpha value is -4.14. The predicted octanol–water partition coefficient (Wildman–Crippen LogP) is 6.31. The average Bonchev–Trinajstić information content (AvgIpc) is 3.28. The number of rotatable bonds is 6. The van der Waals surface area contributed by atoms with E-state index in [0.717, 1.165) is 17.2 Å². The summed E-state index contributed by atoms with van der Waals surface area (Å²) in [7, 11) is -4.03. The Labute approximate surface area is 205 Å². The first-order valence-electron chi connectivity index (χ1n) is 10.4. The molecule has 0 atom stereocenters. The summed E-state index contributed by atoms with van der Waals surface area (Å²) in [6.07, 6.45) is 0. The molecule has 4 aromatic carbocycles. The Morgan fingerprint density at radius 2 is 1.57 bits per heavy atom. The van der Waals surface area contributed by atoms with Crippen molar-refractivity contribution in [3.05, 3.63) is 102 Å². The lowest BCUT2D eigenvalue weighted by Gasteiger charge is -2.09. The van der Waals surface area contributed by atoms with Gasteiger partial charge in [-0.05, 0) is 65.7 Å². The zero-order valence-corrected chi connectivity index (χ0v) is 19.5. The Morgan fingerprint density at radius 3 is 2.29 bits per heavy atom. The number of hydrogen-bond donors (Lipinski definition) is 2. The first-order valence-corrected chi connectivity index (χ1v) is 12.3. The number of halogens is 1. The number of carboxylic acids is 1. The zero-order valence-electron chi connectivity index (χ0n) is 18.0. The van der Waals surface area contributed by atoms with Crippen LogP contribution in [0.1, 0.15) is 10.4 Å². The molecule has 0 bridgehead atoms. The minimum absolute atomic E-state index is 0.0463. The summed E-state index contributed by atoms with van der Waals surface area (Å²) >= 11 is 5.84. The molecule has 0 unspecified atom stereocenters. The molecule has 0 aliphatic rings. The third-order valence-electron chi connectivity index (χ3n) is 5.36. The number of aromatic carboxylic acids is 1. The molecule has 0 amide bonds. The molecule has 5 aromatic rings. The average molecular weight is 505 g/mol. The number of nitrogens with one attached hydrogen (secondary N) is 1. The second-order valence-electron chi connectivity index (χ2n) is 7.70. The molecule has 5 rings (SSSR count). The van der Waals surface area contributed by atoms with Gasteiger partial charge in [-0.25, -0.2) is 18.2 Å². The summed E-state index contributed by atoms with van der Waals surface area (Å²) in [5, 5.41) is 9.15. The SMILES string of the molecule is O=C(O)c1cc(S(=O)(=O)Nc2ccc(-c3nc4cc(-c5ccccc5)ccc4o3)cc2)ccc1Cl. The molecule has 0 saturated heterocycles. The van der Waals surface area contributed by atoms with E-state index in [2.05, 4.69) is 9.71 Å². The zero-order chi connectivity index (χ0) is 24.6. The van der Waals surface area contributed by atoms with Crippen LogP contribution in [0.2, 0.25) is 5.02 Å². The Morgan fingerprint density at radius 1 is 0.857 bits per heavy atom. The maximum absolute atomic E-state index is 12.7. The summed E-state index contributed by atoms with van der Waals surface area (Å²) in [6.45, 7) is 0. The van der Waals surface area contributed by atoms with Crippen molar-refractivity contribution < 1.29 is 22.7 Å². The highest BCUT2D eigenvalue weighted by molar-refractivity contribution is 7.92. The number of nitrogens with zero attached hydrogens (tertiary/aromatic N) is 1. The first kappa shape index (κ1) is 22.6. The van der Waals surface area contributed by atoms with Crippen molar-refractivity contribution in [3.63, 3.8) is 0 Å². The van der Waals surface area contributed by atoms with Crippen LogP contribution < -0.4 is 4.72 Å². The maximum atomic E-state index is 12.7. The van der Waals surface area contributed by atoms with Gasteiger partial charge in [0.25, 0.3) is 10.0 Å². The summed E-state index contributed by atoms with van der Waals surface area (Å²) in [5.74, 6) is -0.908. The normalized spacial score (nSPS) is 11.5. The van der Waals surface area contributed by atoms with Crippen molar-refractivity contribution in [1.29, 1.82) is 0 Å². The van der Waals surface area contributed by atoms with Gasteiger partial charge in [0, 0.05) is 11.3 Å². The van der Waals surface area contributed by atoms with Gasteiger partial charge in [0.1, 0.15) is 5.52 Å². The molecule has 1 heterocycles. The smallest absolute Gasteiger partial charge is 0.337 e. The molecule has 1 aromatic heterocycles.